The van der Waals surface area contributed by atoms with Gasteiger partial charge in [0.25, 0.3) is 0 Å². The largest absolute Gasteiger partial charge is 0.494 e. The number of benzene rings is 1. The van der Waals surface area contributed by atoms with E-state index >= 15 is 0 Å². The molecule has 0 radical (unpaired) electrons. The van der Waals surface area contributed by atoms with Crippen LogP contribution in [0.1, 0.15) is 30.9 Å². The van der Waals surface area contributed by atoms with Crippen LogP contribution in [-0.4, -0.2) is 37.7 Å². The van der Waals surface area contributed by atoms with Crippen molar-refractivity contribution >= 4 is 35.8 Å². The Balaban J connectivity index is 0.00000280. The van der Waals surface area contributed by atoms with Gasteiger partial charge in [-0.3, -0.25) is 4.99 Å². The molecule has 0 unspecified atom stereocenters. The quantitative estimate of drug-likeness (QED) is 0.350. The smallest absolute Gasteiger partial charge is 0.191 e. The number of hydrogen-bond donors (Lipinski definition) is 2. The number of rotatable bonds is 7. The Kier molecular flexibility index (Phi) is 9.33. The van der Waals surface area contributed by atoms with Gasteiger partial charge in [-0.25, -0.2) is 4.98 Å². The number of pyridine rings is 1. The topological polar surface area (TPSA) is 61.8 Å². The van der Waals surface area contributed by atoms with Gasteiger partial charge in [0.15, 0.2) is 5.96 Å². The molecular weight excluding hydrogens is 465 g/mol. The summed E-state index contributed by atoms with van der Waals surface area (Å²) >= 11 is 0. The zero-order chi connectivity index (χ0) is 18.9. The fourth-order valence-electron chi connectivity index (χ4n) is 3.22. The van der Waals surface area contributed by atoms with E-state index in [-0.39, 0.29) is 24.0 Å². The molecule has 0 aliphatic carbocycles. The highest BCUT2D eigenvalue weighted by Gasteiger charge is 2.13. The van der Waals surface area contributed by atoms with Crippen LogP contribution in [0.2, 0.25) is 0 Å². The lowest BCUT2D eigenvalue weighted by Gasteiger charge is -2.17. The Hall–Kier alpha value is -2.03. The van der Waals surface area contributed by atoms with Gasteiger partial charge in [-0.15, -0.1) is 24.0 Å². The van der Waals surface area contributed by atoms with Crippen molar-refractivity contribution in [2.45, 2.75) is 32.9 Å². The maximum absolute atomic E-state index is 5.68. The predicted molar refractivity (Wildman–Crippen MR) is 126 cm³/mol. The molecule has 0 amide bonds. The van der Waals surface area contributed by atoms with Gasteiger partial charge in [-0.1, -0.05) is 18.2 Å². The van der Waals surface area contributed by atoms with E-state index in [1.807, 2.05) is 37.4 Å². The van der Waals surface area contributed by atoms with E-state index in [0.717, 1.165) is 36.2 Å². The van der Waals surface area contributed by atoms with Crippen LogP contribution in [0.4, 0.5) is 5.82 Å². The Labute approximate surface area is 184 Å². The maximum Gasteiger partial charge on any atom is 0.191 e. The first-order valence-electron chi connectivity index (χ1n) is 9.65. The summed E-state index contributed by atoms with van der Waals surface area (Å²) in [5, 5.41) is 6.73. The summed E-state index contributed by atoms with van der Waals surface area (Å²) in [5.74, 6) is 2.74. The van der Waals surface area contributed by atoms with Crippen molar-refractivity contribution in [1.82, 2.24) is 15.6 Å². The van der Waals surface area contributed by atoms with Crippen molar-refractivity contribution in [3.8, 4) is 5.75 Å². The summed E-state index contributed by atoms with van der Waals surface area (Å²) in [6.45, 7) is 6.22. The molecule has 1 saturated heterocycles. The molecule has 3 rings (SSSR count). The molecule has 7 heteroatoms. The Bertz CT molecular complexity index is 762. The molecule has 152 valence electrons. The molecule has 6 nitrogen and oxygen atoms in total. The number of anilines is 1. The van der Waals surface area contributed by atoms with Gasteiger partial charge in [0.1, 0.15) is 11.6 Å². The van der Waals surface area contributed by atoms with Crippen LogP contribution in [0.5, 0.6) is 5.75 Å². The molecule has 28 heavy (non-hydrogen) atoms. The summed E-state index contributed by atoms with van der Waals surface area (Å²) in [4.78, 5) is 11.2. The van der Waals surface area contributed by atoms with E-state index < -0.39 is 0 Å². The van der Waals surface area contributed by atoms with Crippen LogP contribution >= 0.6 is 24.0 Å². The average molecular weight is 495 g/mol. The Morgan fingerprint density at radius 2 is 1.89 bits per heavy atom. The predicted octanol–water partition coefficient (Wildman–Crippen LogP) is 3.56. The third-order valence-corrected chi connectivity index (χ3v) is 4.64. The van der Waals surface area contributed by atoms with E-state index in [2.05, 4.69) is 37.6 Å². The second-order valence-corrected chi connectivity index (χ2v) is 6.54. The van der Waals surface area contributed by atoms with Gasteiger partial charge in [0.05, 0.1) is 6.61 Å². The monoisotopic (exact) mass is 495 g/mol. The van der Waals surface area contributed by atoms with Crippen LogP contribution in [0.25, 0.3) is 0 Å². The number of guanidine groups is 1. The first-order chi connectivity index (χ1) is 13.3. The second-order valence-electron chi connectivity index (χ2n) is 6.54. The first-order valence-corrected chi connectivity index (χ1v) is 9.65. The highest BCUT2D eigenvalue weighted by Crippen LogP contribution is 2.19. The molecule has 2 aromatic rings. The molecule has 2 N–H and O–H groups in total. The van der Waals surface area contributed by atoms with Crippen LogP contribution in [0.15, 0.2) is 47.6 Å². The zero-order valence-electron chi connectivity index (χ0n) is 16.6. The molecule has 2 heterocycles. The minimum absolute atomic E-state index is 0. The summed E-state index contributed by atoms with van der Waals surface area (Å²) in [6.07, 6.45) is 4.40. The molecule has 1 fully saturated rings. The summed E-state index contributed by atoms with van der Waals surface area (Å²) < 4.78 is 5.68. The van der Waals surface area contributed by atoms with Gasteiger partial charge in [-0.2, -0.15) is 0 Å². The van der Waals surface area contributed by atoms with Crippen LogP contribution < -0.4 is 20.3 Å². The van der Waals surface area contributed by atoms with Crippen LogP contribution in [0, 0.1) is 0 Å². The molecule has 1 aliphatic heterocycles. The van der Waals surface area contributed by atoms with Crippen molar-refractivity contribution < 1.29 is 4.74 Å². The lowest BCUT2D eigenvalue weighted by atomic mass is 10.2. The summed E-state index contributed by atoms with van der Waals surface area (Å²) in [5.41, 5.74) is 2.31. The lowest BCUT2D eigenvalue weighted by molar-refractivity contribution is 0.336. The molecular formula is C21H30IN5O. The van der Waals surface area contributed by atoms with Crippen molar-refractivity contribution in [3.05, 3.63) is 53.7 Å². The highest BCUT2D eigenvalue weighted by atomic mass is 127. The number of ether oxygens (including phenoxy) is 1. The third-order valence-electron chi connectivity index (χ3n) is 4.64. The normalized spacial score (nSPS) is 13.8. The maximum atomic E-state index is 5.68. The Morgan fingerprint density at radius 1 is 1.14 bits per heavy atom. The van der Waals surface area contributed by atoms with Gasteiger partial charge in [0, 0.05) is 45.0 Å². The SMILES string of the molecule is CCOc1ccccc1CNC(=NC)NCc1ccnc(N2CCCC2)c1.I. The fraction of sp³-hybridized carbons (Fsp3) is 0.429. The van der Waals surface area contributed by atoms with Crippen molar-refractivity contribution in [1.29, 1.82) is 0 Å². The van der Waals surface area contributed by atoms with E-state index in [9.17, 15) is 0 Å². The number of halogens is 1. The number of aliphatic imine (C=N–C) groups is 1. The molecule has 0 spiro atoms. The molecule has 0 bridgehead atoms. The van der Waals surface area contributed by atoms with Gasteiger partial charge < -0.3 is 20.3 Å². The third kappa shape index (κ3) is 6.25. The van der Waals surface area contributed by atoms with Crippen molar-refractivity contribution in [2.24, 2.45) is 4.99 Å². The van der Waals surface area contributed by atoms with E-state index in [4.69, 9.17) is 4.74 Å². The second kappa shape index (κ2) is 11.7. The van der Waals surface area contributed by atoms with Crippen LogP contribution in [0.3, 0.4) is 0 Å². The minimum Gasteiger partial charge on any atom is -0.494 e. The van der Waals surface area contributed by atoms with Crippen molar-refractivity contribution in [3.63, 3.8) is 0 Å². The van der Waals surface area contributed by atoms with E-state index in [1.165, 1.54) is 18.4 Å². The highest BCUT2D eigenvalue weighted by molar-refractivity contribution is 14.0. The van der Waals surface area contributed by atoms with Gasteiger partial charge in [0.2, 0.25) is 0 Å². The molecule has 1 aliphatic rings. The van der Waals surface area contributed by atoms with Crippen molar-refractivity contribution in [2.75, 3.05) is 31.6 Å². The first kappa shape index (κ1) is 22.3. The van der Waals surface area contributed by atoms with Crippen LogP contribution in [-0.2, 0) is 13.1 Å². The number of nitrogens with one attached hydrogen (secondary N) is 2. The standard InChI is InChI=1S/C21H29N5O.HI/c1-3-27-19-9-5-4-8-18(19)16-25-21(22-2)24-15-17-10-11-23-20(14-17)26-12-6-7-13-26;/h4-5,8-11,14H,3,6-7,12-13,15-16H2,1-2H3,(H2,22,24,25);1H. The number of para-hydroxylation sites is 1. The summed E-state index contributed by atoms with van der Waals surface area (Å²) in [6, 6.07) is 12.3. The molecule has 1 aromatic carbocycles. The van der Waals surface area contributed by atoms with E-state index in [1.54, 1.807) is 7.05 Å². The number of aromatic nitrogens is 1. The fourth-order valence-corrected chi connectivity index (χ4v) is 3.22. The number of hydrogen-bond acceptors (Lipinski definition) is 4. The van der Waals surface area contributed by atoms with Gasteiger partial charge >= 0.3 is 0 Å². The minimum atomic E-state index is 0. The van der Waals surface area contributed by atoms with E-state index in [0.29, 0.717) is 19.7 Å². The zero-order valence-corrected chi connectivity index (χ0v) is 19.0. The summed E-state index contributed by atoms with van der Waals surface area (Å²) in [7, 11) is 1.78. The molecule has 1 aromatic heterocycles. The molecule has 0 saturated carbocycles. The number of nitrogens with zero attached hydrogens (tertiary/aromatic N) is 3. The molecule has 0 atom stereocenters. The lowest BCUT2D eigenvalue weighted by Crippen LogP contribution is -2.36. The van der Waals surface area contributed by atoms with Gasteiger partial charge in [-0.05, 0) is 43.5 Å². The average Bonchev–Trinajstić information content (AvgIpc) is 3.25. The Morgan fingerprint density at radius 3 is 2.64 bits per heavy atom.